The molecule has 0 amide bonds. The smallest absolute Gasteiger partial charge is 0.204 e. The summed E-state index contributed by atoms with van der Waals surface area (Å²) in [5.74, 6) is 0.649. The van der Waals surface area contributed by atoms with Crippen molar-refractivity contribution in [2.75, 3.05) is 21.3 Å². The molecule has 0 fully saturated rings. The van der Waals surface area contributed by atoms with Crippen LogP contribution in [0.2, 0.25) is 0 Å². The maximum Gasteiger partial charge on any atom is 0.204 e. The van der Waals surface area contributed by atoms with Crippen molar-refractivity contribution in [3.63, 3.8) is 0 Å². The largest absolute Gasteiger partial charge is 0.507 e. The molecule has 0 unspecified atom stereocenters. The van der Waals surface area contributed by atoms with Crippen LogP contribution in [0.15, 0.2) is 22.7 Å². The number of carbonyl (C=O) groups excluding carboxylic acids is 1. The summed E-state index contributed by atoms with van der Waals surface area (Å²) in [6.45, 7) is 3.54. The molecule has 0 aliphatic heterocycles. The number of rotatable bonds is 5. The third kappa shape index (κ3) is 2.94. The molecule has 6 heteroatoms. The number of ketones is 1. The van der Waals surface area contributed by atoms with E-state index < -0.39 is 0 Å². The zero-order chi connectivity index (χ0) is 18.0. The van der Waals surface area contributed by atoms with Crippen LogP contribution in [-0.4, -0.2) is 32.2 Å². The van der Waals surface area contributed by atoms with Crippen molar-refractivity contribution in [1.29, 1.82) is 0 Å². The Kier molecular flexibility index (Phi) is 5.39. The summed E-state index contributed by atoms with van der Waals surface area (Å²) in [7, 11) is 4.45. The Morgan fingerprint density at radius 2 is 1.62 bits per heavy atom. The molecule has 0 bridgehead atoms. The zero-order valence-corrected chi connectivity index (χ0v) is 15.8. The van der Waals surface area contributed by atoms with Crippen molar-refractivity contribution >= 4 is 21.7 Å². The predicted octanol–water partition coefficient (Wildman–Crippen LogP) is 4.03. The first kappa shape index (κ1) is 18.1. The quantitative estimate of drug-likeness (QED) is 0.775. The topological polar surface area (TPSA) is 65.0 Å². The Morgan fingerprint density at radius 1 is 1.00 bits per heavy atom. The van der Waals surface area contributed by atoms with Crippen LogP contribution >= 0.6 is 15.9 Å². The van der Waals surface area contributed by atoms with Gasteiger partial charge >= 0.3 is 0 Å². The van der Waals surface area contributed by atoms with Crippen LogP contribution in [-0.2, 0) is 0 Å². The average molecular weight is 395 g/mol. The number of benzene rings is 2. The fourth-order valence-corrected chi connectivity index (χ4v) is 2.97. The van der Waals surface area contributed by atoms with Gasteiger partial charge in [-0.3, -0.25) is 4.79 Å². The van der Waals surface area contributed by atoms with E-state index in [4.69, 9.17) is 14.2 Å². The highest BCUT2D eigenvalue weighted by Crippen LogP contribution is 2.43. The number of aromatic hydroxyl groups is 1. The van der Waals surface area contributed by atoms with Gasteiger partial charge < -0.3 is 19.3 Å². The minimum Gasteiger partial charge on any atom is -0.507 e. The van der Waals surface area contributed by atoms with E-state index in [9.17, 15) is 9.90 Å². The van der Waals surface area contributed by atoms with Gasteiger partial charge in [-0.1, -0.05) is 15.9 Å². The predicted molar refractivity (Wildman–Crippen MR) is 94.8 cm³/mol. The number of hydrogen-bond donors (Lipinski definition) is 1. The molecule has 0 atom stereocenters. The van der Waals surface area contributed by atoms with Crippen molar-refractivity contribution in [3.8, 4) is 23.0 Å². The van der Waals surface area contributed by atoms with Crippen LogP contribution in [0.25, 0.3) is 0 Å². The van der Waals surface area contributed by atoms with Gasteiger partial charge in [-0.25, -0.2) is 0 Å². The summed E-state index contributed by atoms with van der Waals surface area (Å²) >= 11 is 3.39. The summed E-state index contributed by atoms with van der Waals surface area (Å²) in [4.78, 5) is 13.2. The number of methoxy groups -OCH3 is 3. The Morgan fingerprint density at radius 3 is 2.17 bits per heavy atom. The van der Waals surface area contributed by atoms with Crippen molar-refractivity contribution < 1.29 is 24.1 Å². The SMILES string of the molecule is COc1cc(C)c(C(=O)c2c(O)ccc(Br)c2C)c(OC)c1OC. The van der Waals surface area contributed by atoms with Gasteiger partial charge in [-0.05, 0) is 43.2 Å². The molecule has 2 aromatic rings. The highest BCUT2D eigenvalue weighted by Gasteiger charge is 2.27. The maximum atomic E-state index is 13.2. The number of ether oxygens (including phenoxy) is 3. The summed E-state index contributed by atoms with van der Waals surface area (Å²) < 4.78 is 16.8. The zero-order valence-electron chi connectivity index (χ0n) is 14.2. The third-order valence-corrected chi connectivity index (χ3v) is 4.72. The molecule has 0 aliphatic rings. The van der Waals surface area contributed by atoms with Crippen molar-refractivity contribution in [2.24, 2.45) is 0 Å². The van der Waals surface area contributed by atoms with Crippen molar-refractivity contribution in [2.45, 2.75) is 13.8 Å². The van der Waals surface area contributed by atoms with E-state index in [1.807, 2.05) is 0 Å². The van der Waals surface area contributed by atoms with Crippen LogP contribution in [0.1, 0.15) is 27.0 Å². The second kappa shape index (κ2) is 7.13. The molecular formula is C18H19BrO5. The van der Waals surface area contributed by atoms with Gasteiger partial charge in [-0.15, -0.1) is 0 Å². The highest BCUT2D eigenvalue weighted by atomic mass is 79.9. The fourth-order valence-electron chi connectivity index (χ4n) is 2.64. The van der Waals surface area contributed by atoms with Crippen LogP contribution in [0.4, 0.5) is 0 Å². The number of hydrogen-bond acceptors (Lipinski definition) is 5. The van der Waals surface area contributed by atoms with Gasteiger partial charge in [0.15, 0.2) is 11.5 Å². The van der Waals surface area contributed by atoms with E-state index >= 15 is 0 Å². The number of aryl methyl sites for hydroxylation is 1. The van der Waals surface area contributed by atoms with E-state index in [0.717, 1.165) is 4.47 Å². The number of halogens is 1. The van der Waals surface area contributed by atoms with E-state index in [1.165, 1.54) is 27.4 Å². The Hall–Kier alpha value is -2.21. The van der Waals surface area contributed by atoms with E-state index in [0.29, 0.717) is 28.2 Å². The lowest BCUT2D eigenvalue weighted by Crippen LogP contribution is -2.10. The lowest BCUT2D eigenvalue weighted by molar-refractivity contribution is 0.103. The van der Waals surface area contributed by atoms with E-state index in [1.54, 1.807) is 26.0 Å². The second-order valence-corrected chi connectivity index (χ2v) is 6.09. The van der Waals surface area contributed by atoms with Gasteiger partial charge in [0.05, 0.1) is 32.5 Å². The lowest BCUT2D eigenvalue weighted by atomic mass is 9.94. The molecule has 0 saturated carbocycles. The van der Waals surface area contributed by atoms with Crippen LogP contribution < -0.4 is 14.2 Å². The first-order chi connectivity index (χ1) is 11.4. The Balaban J connectivity index is 2.78. The first-order valence-electron chi connectivity index (χ1n) is 7.19. The summed E-state index contributed by atoms with van der Waals surface area (Å²) in [6, 6.07) is 4.88. The van der Waals surface area contributed by atoms with E-state index in [2.05, 4.69) is 15.9 Å². The first-order valence-corrected chi connectivity index (χ1v) is 7.98. The van der Waals surface area contributed by atoms with Crippen LogP contribution in [0, 0.1) is 13.8 Å². The molecular weight excluding hydrogens is 376 g/mol. The number of carbonyl (C=O) groups is 1. The van der Waals surface area contributed by atoms with Gasteiger partial charge in [0.2, 0.25) is 11.5 Å². The highest BCUT2D eigenvalue weighted by molar-refractivity contribution is 9.10. The molecule has 0 aliphatic carbocycles. The molecule has 2 rings (SSSR count). The summed E-state index contributed by atoms with van der Waals surface area (Å²) in [6.07, 6.45) is 0. The van der Waals surface area contributed by atoms with Gasteiger partial charge in [0.1, 0.15) is 5.75 Å². The standard InChI is InChI=1S/C18H19BrO5/c1-9-8-13(22-3)17(23-4)18(24-5)14(9)16(21)15-10(2)11(19)6-7-12(15)20/h6-8,20H,1-5H3. The van der Waals surface area contributed by atoms with Crippen LogP contribution in [0.5, 0.6) is 23.0 Å². The molecule has 0 aromatic heterocycles. The fraction of sp³-hybridized carbons (Fsp3) is 0.278. The minimum absolute atomic E-state index is 0.0862. The second-order valence-electron chi connectivity index (χ2n) is 5.23. The molecule has 128 valence electrons. The molecule has 0 radical (unpaired) electrons. The summed E-state index contributed by atoms with van der Waals surface area (Å²) in [5.41, 5.74) is 1.86. The van der Waals surface area contributed by atoms with Gasteiger partial charge in [0.25, 0.3) is 0 Å². The van der Waals surface area contributed by atoms with Crippen LogP contribution in [0.3, 0.4) is 0 Å². The molecule has 0 spiro atoms. The Bertz CT molecular complexity index is 799. The van der Waals surface area contributed by atoms with Gasteiger partial charge in [-0.2, -0.15) is 0 Å². The normalized spacial score (nSPS) is 10.4. The Labute approximate surface area is 149 Å². The maximum absolute atomic E-state index is 13.2. The van der Waals surface area contributed by atoms with E-state index in [-0.39, 0.29) is 22.8 Å². The lowest BCUT2D eigenvalue weighted by Gasteiger charge is -2.18. The van der Waals surface area contributed by atoms with Crippen molar-refractivity contribution in [1.82, 2.24) is 0 Å². The third-order valence-electron chi connectivity index (χ3n) is 3.86. The average Bonchev–Trinajstić information content (AvgIpc) is 2.56. The molecule has 2 aromatic carbocycles. The van der Waals surface area contributed by atoms with Gasteiger partial charge in [0, 0.05) is 4.47 Å². The number of phenols is 1. The minimum atomic E-state index is -0.346. The monoisotopic (exact) mass is 394 g/mol. The van der Waals surface area contributed by atoms with Crippen molar-refractivity contribution in [3.05, 3.63) is 44.9 Å². The molecule has 0 heterocycles. The molecule has 5 nitrogen and oxygen atoms in total. The number of phenolic OH excluding ortho intramolecular Hbond substituents is 1. The summed E-state index contributed by atoms with van der Waals surface area (Å²) in [5, 5.41) is 10.2. The molecule has 0 saturated heterocycles. The molecule has 24 heavy (non-hydrogen) atoms. The molecule has 1 N–H and O–H groups in total.